The zero-order chi connectivity index (χ0) is 19.1. The van der Waals surface area contributed by atoms with E-state index in [1.165, 1.54) is 44.2 Å². The van der Waals surface area contributed by atoms with Gasteiger partial charge >= 0.3 is 0 Å². The highest BCUT2D eigenvalue weighted by Crippen LogP contribution is 2.38. The summed E-state index contributed by atoms with van der Waals surface area (Å²) in [4.78, 5) is 4.36. The summed E-state index contributed by atoms with van der Waals surface area (Å²) in [6.07, 6.45) is 9.90. The van der Waals surface area contributed by atoms with Gasteiger partial charge in [-0.05, 0) is 49.3 Å². The molecule has 3 rings (SSSR count). The molecule has 0 radical (unpaired) electrons. The van der Waals surface area contributed by atoms with E-state index >= 15 is 0 Å². The Bertz CT molecular complexity index is 799. The highest BCUT2D eigenvalue weighted by Gasteiger charge is 2.27. The van der Waals surface area contributed by atoms with Gasteiger partial charge in [-0.3, -0.25) is 0 Å². The Kier molecular flexibility index (Phi) is 6.59. The van der Waals surface area contributed by atoms with Crippen molar-refractivity contribution in [3.05, 3.63) is 47.2 Å². The lowest BCUT2D eigenvalue weighted by molar-refractivity contribution is 0.278. The molecule has 0 saturated heterocycles. The van der Waals surface area contributed by atoms with E-state index in [0.29, 0.717) is 5.89 Å². The number of anilines is 1. The fraction of sp³-hybridized carbons (Fsp3) is 0.476. The van der Waals surface area contributed by atoms with Crippen molar-refractivity contribution >= 4 is 12.1 Å². The highest BCUT2D eigenvalue weighted by atomic mass is 19.1. The summed E-state index contributed by atoms with van der Waals surface area (Å²) in [5.41, 5.74) is 3.71. The van der Waals surface area contributed by atoms with Crippen LogP contribution in [0.25, 0.3) is 0 Å². The van der Waals surface area contributed by atoms with Gasteiger partial charge < -0.3 is 4.42 Å². The highest BCUT2D eigenvalue weighted by molar-refractivity contribution is 5.80. The maximum absolute atomic E-state index is 12.9. The molecule has 0 bridgehead atoms. The van der Waals surface area contributed by atoms with Gasteiger partial charge in [0.15, 0.2) is 0 Å². The summed E-state index contributed by atoms with van der Waals surface area (Å²) in [6.45, 7) is 2.23. The van der Waals surface area contributed by atoms with Crippen molar-refractivity contribution in [3.63, 3.8) is 0 Å². The lowest BCUT2D eigenvalue weighted by Crippen LogP contribution is -2.13. The predicted octanol–water partition coefficient (Wildman–Crippen LogP) is 5.60. The molecule has 0 unspecified atom stereocenters. The molecule has 1 aromatic heterocycles. The summed E-state index contributed by atoms with van der Waals surface area (Å²) >= 11 is 0. The predicted molar refractivity (Wildman–Crippen MR) is 103 cm³/mol. The standard InChI is InChI=1S/C21H25FN4O/c1-2-3-4-15-5-9-17(10-6-15)20-25-19(13-23)21(27-20)26-24-14-16-7-11-18(22)12-8-16/h7-8,11-12,14-15,17,26H,2-6,9-10H2,1H3/b24-14+. The molecule has 0 atom stereocenters. The number of oxazole rings is 1. The van der Waals surface area contributed by atoms with Crippen LogP contribution in [0.1, 0.15) is 74.9 Å². The number of hydrazone groups is 1. The van der Waals surface area contributed by atoms with Crippen LogP contribution < -0.4 is 5.43 Å². The van der Waals surface area contributed by atoms with E-state index in [1.54, 1.807) is 18.3 Å². The van der Waals surface area contributed by atoms with Crippen molar-refractivity contribution < 1.29 is 8.81 Å². The normalized spacial score (nSPS) is 19.9. The Balaban J connectivity index is 1.60. The lowest BCUT2D eigenvalue weighted by atomic mass is 9.80. The van der Waals surface area contributed by atoms with Crippen molar-refractivity contribution in [2.75, 3.05) is 5.43 Å². The van der Waals surface area contributed by atoms with Crippen LogP contribution in [0.15, 0.2) is 33.8 Å². The van der Waals surface area contributed by atoms with Gasteiger partial charge in [-0.25, -0.2) is 14.8 Å². The van der Waals surface area contributed by atoms with Gasteiger partial charge in [-0.15, -0.1) is 0 Å². The van der Waals surface area contributed by atoms with Gasteiger partial charge in [0.2, 0.25) is 11.6 Å². The first-order chi connectivity index (χ1) is 13.2. The minimum Gasteiger partial charge on any atom is -0.422 e. The Morgan fingerprint density at radius 2 is 2.04 bits per heavy atom. The van der Waals surface area contributed by atoms with Crippen LogP contribution in [0.5, 0.6) is 0 Å². The first kappa shape index (κ1) is 19.1. The second-order valence-electron chi connectivity index (χ2n) is 7.12. The fourth-order valence-electron chi connectivity index (χ4n) is 3.57. The second-order valence-corrected chi connectivity index (χ2v) is 7.12. The SMILES string of the molecule is CCCCC1CCC(c2nc(C#N)c(N/N=C/c3ccc(F)cc3)o2)CC1. The van der Waals surface area contributed by atoms with E-state index in [-0.39, 0.29) is 23.3 Å². The van der Waals surface area contributed by atoms with E-state index in [1.807, 2.05) is 0 Å². The molecule has 1 aromatic carbocycles. The summed E-state index contributed by atoms with van der Waals surface area (Å²) in [5.74, 6) is 1.67. The first-order valence-electron chi connectivity index (χ1n) is 9.65. The van der Waals surface area contributed by atoms with Crippen LogP contribution in [-0.2, 0) is 0 Å². The molecule has 2 aromatic rings. The molecule has 142 valence electrons. The largest absolute Gasteiger partial charge is 0.422 e. The zero-order valence-electron chi connectivity index (χ0n) is 15.6. The minimum absolute atomic E-state index is 0.217. The van der Waals surface area contributed by atoms with Crippen molar-refractivity contribution in [2.45, 2.75) is 57.8 Å². The van der Waals surface area contributed by atoms with E-state index in [4.69, 9.17) is 4.42 Å². The van der Waals surface area contributed by atoms with Crippen LogP contribution in [0, 0.1) is 23.1 Å². The molecule has 1 N–H and O–H groups in total. The Labute approximate surface area is 159 Å². The molecule has 1 aliphatic carbocycles. The fourth-order valence-corrected chi connectivity index (χ4v) is 3.57. The smallest absolute Gasteiger partial charge is 0.252 e. The van der Waals surface area contributed by atoms with Crippen molar-refractivity contribution in [3.8, 4) is 6.07 Å². The molecule has 27 heavy (non-hydrogen) atoms. The van der Waals surface area contributed by atoms with Crippen LogP contribution >= 0.6 is 0 Å². The van der Waals surface area contributed by atoms with E-state index in [2.05, 4.69) is 28.5 Å². The van der Waals surface area contributed by atoms with Crippen LogP contribution in [0.3, 0.4) is 0 Å². The number of nitriles is 1. The summed E-state index contributed by atoms with van der Waals surface area (Å²) in [7, 11) is 0. The molecule has 0 aliphatic heterocycles. The van der Waals surface area contributed by atoms with Crippen molar-refractivity contribution in [2.24, 2.45) is 11.0 Å². The van der Waals surface area contributed by atoms with Crippen LogP contribution in [-0.4, -0.2) is 11.2 Å². The average Bonchev–Trinajstić information content (AvgIpc) is 3.11. The average molecular weight is 368 g/mol. The van der Waals surface area contributed by atoms with Gasteiger partial charge in [-0.2, -0.15) is 10.4 Å². The Morgan fingerprint density at radius 1 is 1.30 bits per heavy atom. The zero-order valence-corrected chi connectivity index (χ0v) is 15.6. The van der Waals surface area contributed by atoms with Crippen molar-refractivity contribution in [1.29, 1.82) is 5.26 Å². The van der Waals surface area contributed by atoms with Crippen molar-refractivity contribution in [1.82, 2.24) is 4.98 Å². The molecule has 0 spiro atoms. The third-order valence-electron chi connectivity index (χ3n) is 5.16. The van der Waals surface area contributed by atoms with Gasteiger partial charge in [0, 0.05) is 5.92 Å². The number of nitrogens with zero attached hydrogens (tertiary/aromatic N) is 3. The third kappa shape index (κ3) is 5.16. The number of unbranched alkanes of at least 4 members (excludes halogenated alkanes) is 1. The molecule has 0 amide bonds. The number of hydrogen-bond donors (Lipinski definition) is 1. The maximum atomic E-state index is 12.9. The quantitative estimate of drug-likeness (QED) is 0.510. The van der Waals surface area contributed by atoms with Gasteiger partial charge in [0.25, 0.3) is 5.88 Å². The molecule has 1 saturated carbocycles. The van der Waals surface area contributed by atoms with Crippen LogP contribution in [0.4, 0.5) is 10.3 Å². The molecule has 1 heterocycles. The number of aromatic nitrogens is 1. The minimum atomic E-state index is -0.295. The number of nitrogens with one attached hydrogen (secondary N) is 1. The van der Waals surface area contributed by atoms with Gasteiger partial charge in [0.05, 0.1) is 6.21 Å². The molecule has 1 aliphatic rings. The Hall–Kier alpha value is -2.68. The molecular formula is C21H25FN4O. The number of benzene rings is 1. The summed E-state index contributed by atoms with van der Waals surface area (Å²) in [5, 5.41) is 13.4. The topological polar surface area (TPSA) is 74.2 Å². The van der Waals surface area contributed by atoms with Gasteiger partial charge in [-0.1, -0.05) is 38.3 Å². The molecule has 5 nitrogen and oxygen atoms in total. The number of halogens is 1. The van der Waals surface area contributed by atoms with E-state index in [9.17, 15) is 9.65 Å². The summed E-state index contributed by atoms with van der Waals surface area (Å²) in [6, 6.07) is 8.03. The lowest BCUT2D eigenvalue weighted by Gasteiger charge is -2.26. The molecule has 1 fully saturated rings. The maximum Gasteiger partial charge on any atom is 0.252 e. The number of hydrogen-bond acceptors (Lipinski definition) is 5. The van der Waals surface area contributed by atoms with Gasteiger partial charge in [0.1, 0.15) is 11.9 Å². The van der Waals surface area contributed by atoms with Crippen LogP contribution in [0.2, 0.25) is 0 Å². The van der Waals surface area contributed by atoms with E-state index < -0.39 is 0 Å². The first-order valence-corrected chi connectivity index (χ1v) is 9.65. The third-order valence-corrected chi connectivity index (χ3v) is 5.16. The summed E-state index contributed by atoms with van der Waals surface area (Å²) < 4.78 is 18.7. The number of rotatable bonds is 7. The Morgan fingerprint density at radius 3 is 2.70 bits per heavy atom. The molecular weight excluding hydrogens is 343 g/mol. The second kappa shape index (κ2) is 9.31. The van der Waals surface area contributed by atoms with E-state index in [0.717, 1.165) is 24.3 Å². The molecule has 6 heteroatoms. The monoisotopic (exact) mass is 368 g/mol.